The average molecular weight is 278 g/mol. The number of halogens is 1. The van der Waals surface area contributed by atoms with E-state index in [9.17, 15) is 14.0 Å². The van der Waals surface area contributed by atoms with Crippen LogP contribution in [0.2, 0.25) is 0 Å². The Hall–Kier alpha value is -2.46. The molecule has 1 aromatic rings. The van der Waals surface area contributed by atoms with Crippen molar-refractivity contribution < 1.29 is 23.8 Å². The highest BCUT2D eigenvalue weighted by molar-refractivity contribution is 5.94. The summed E-state index contributed by atoms with van der Waals surface area (Å²) in [5.41, 5.74) is 0.0694. The van der Waals surface area contributed by atoms with Crippen LogP contribution < -0.4 is 5.32 Å². The number of hydrogen-bond acceptors (Lipinski definition) is 4. The van der Waals surface area contributed by atoms with E-state index in [1.165, 1.54) is 12.1 Å². The molecule has 1 aliphatic rings. The maximum absolute atomic E-state index is 13.6. The molecule has 1 saturated heterocycles. The molecule has 1 fully saturated rings. The van der Waals surface area contributed by atoms with Crippen molar-refractivity contribution in [3.8, 4) is 6.07 Å². The number of amides is 1. The molecular formula is C13H11FN2O4. The van der Waals surface area contributed by atoms with Gasteiger partial charge >= 0.3 is 5.97 Å². The van der Waals surface area contributed by atoms with Gasteiger partial charge < -0.3 is 15.2 Å². The van der Waals surface area contributed by atoms with Gasteiger partial charge in [0.05, 0.1) is 17.3 Å². The first-order chi connectivity index (χ1) is 9.51. The molecule has 104 valence electrons. The summed E-state index contributed by atoms with van der Waals surface area (Å²) in [5.74, 6) is -2.45. The first-order valence-corrected chi connectivity index (χ1v) is 5.90. The fourth-order valence-electron chi connectivity index (χ4n) is 1.91. The monoisotopic (exact) mass is 278 g/mol. The lowest BCUT2D eigenvalue weighted by atomic mass is 10.1. The highest BCUT2D eigenvalue weighted by atomic mass is 19.1. The van der Waals surface area contributed by atoms with Crippen molar-refractivity contribution in [1.82, 2.24) is 0 Å². The highest BCUT2D eigenvalue weighted by Crippen LogP contribution is 2.22. The number of carboxylic acids is 1. The SMILES string of the molecule is N#Cc1ccc(NC(=O)C2CCC(C(=O)O)O2)c(F)c1. The average Bonchev–Trinajstić information content (AvgIpc) is 2.91. The molecule has 1 aromatic carbocycles. The Morgan fingerprint density at radius 1 is 1.40 bits per heavy atom. The molecule has 1 amide bonds. The number of hydrogen-bond donors (Lipinski definition) is 2. The van der Waals surface area contributed by atoms with Gasteiger partial charge in [0.1, 0.15) is 11.9 Å². The normalized spacial score (nSPS) is 21.2. The zero-order chi connectivity index (χ0) is 14.7. The number of benzene rings is 1. The second kappa shape index (κ2) is 5.67. The van der Waals surface area contributed by atoms with Gasteiger partial charge in [-0.05, 0) is 31.0 Å². The fraction of sp³-hybridized carbons (Fsp3) is 0.308. The summed E-state index contributed by atoms with van der Waals surface area (Å²) in [4.78, 5) is 22.5. The highest BCUT2D eigenvalue weighted by Gasteiger charge is 2.34. The maximum atomic E-state index is 13.6. The molecule has 0 spiro atoms. The van der Waals surface area contributed by atoms with Crippen LogP contribution in [-0.4, -0.2) is 29.2 Å². The van der Waals surface area contributed by atoms with E-state index in [0.717, 1.165) is 6.07 Å². The summed E-state index contributed by atoms with van der Waals surface area (Å²) in [5, 5.41) is 19.7. The minimum atomic E-state index is -1.12. The van der Waals surface area contributed by atoms with E-state index in [1.54, 1.807) is 6.07 Å². The quantitative estimate of drug-likeness (QED) is 0.867. The van der Waals surface area contributed by atoms with E-state index in [-0.39, 0.29) is 24.1 Å². The molecule has 0 saturated carbocycles. The summed E-state index contributed by atoms with van der Waals surface area (Å²) in [6.45, 7) is 0. The molecule has 1 aliphatic heterocycles. The van der Waals surface area contributed by atoms with Crippen LogP contribution in [-0.2, 0) is 14.3 Å². The Balaban J connectivity index is 2.02. The lowest BCUT2D eigenvalue weighted by Gasteiger charge is -2.12. The number of nitriles is 1. The smallest absolute Gasteiger partial charge is 0.332 e. The third-order valence-electron chi connectivity index (χ3n) is 2.94. The summed E-state index contributed by atoms with van der Waals surface area (Å²) < 4.78 is 18.6. The van der Waals surface area contributed by atoms with Crippen LogP contribution in [0.15, 0.2) is 18.2 Å². The van der Waals surface area contributed by atoms with Gasteiger partial charge in [0.2, 0.25) is 0 Å². The Kier molecular flexibility index (Phi) is 3.96. The van der Waals surface area contributed by atoms with Gasteiger partial charge in [-0.2, -0.15) is 5.26 Å². The molecule has 0 aromatic heterocycles. The van der Waals surface area contributed by atoms with Crippen molar-refractivity contribution in [3.63, 3.8) is 0 Å². The van der Waals surface area contributed by atoms with Crippen molar-refractivity contribution in [3.05, 3.63) is 29.6 Å². The van der Waals surface area contributed by atoms with Crippen LogP contribution in [0, 0.1) is 17.1 Å². The lowest BCUT2D eigenvalue weighted by molar-refractivity contribution is -0.150. The molecule has 0 aliphatic carbocycles. The number of carbonyl (C=O) groups is 2. The largest absolute Gasteiger partial charge is 0.479 e. The second-order valence-corrected chi connectivity index (χ2v) is 4.32. The minimum Gasteiger partial charge on any atom is -0.479 e. The molecule has 2 unspecified atom stereocenters. The van der Waals surface area contributed by atoms with E-state index in [2.05, 4.69) is 5.32 Å². The van der Waals surface area contributed by atoms with Crippen molar-refractivity contribution in [1.29, 1.82) is 5.26 Å². The first kappa shape index (κ1) is 14.0. The summed E-state index contributed by atoms with van der Waals surface area (Å²) in [6.07, 6.45) is -1.41. The van der Waals surface area contributed by atoms with E-state index in [0.29, 0.717) is 0 Å². The van der Waals surface area contributed by atoms with Crippen LogP contribution >= 0.6 is 0 Å². The fourth-order valence-corrected chi connectivity index (χ4v) is 1.91. The number of carbonyl (C=O) groups excluding carboxylic acids is 1. The van der Waals surface area contributed by atoms with Gasteiger partial charge in [-0.25, -0.2) is 9.18 Å². The number of nitrogens with one attached hydrogen (secondary N) is 1. The number of carboxylic acid groups (broad SMARTS) is 1. The summed E-state index contributed by atoms with van der Waals surface area (Å²) >= 11 is 0. The van der Waals surface area contributed by atoms with E-state index in [1.807, 2.05) is 0 Å². The van der Waals surface area contributed by atoms with Crippen LogP contribution in [0.4, 0.5) is 10.1 Å². The second-order valence-electron chi connectivity index (χ2n) is 4.32. The molecule has 2 N–H and O–H groups in total. The van der Waals surface area contributed by atoms with Crippen LogP contribution in [0.1, 0.15) is 18.4 Å². The van der Waals surface area contributed by atoms with Crippen LogP contribution in [0.5, 0.6) is 0 Å². The number of rotatable bonds is 3. The van der Waals surface area contributed by atoms with Crippen molar-refractivity contribution >= 4 is 17.6 Å². The van der Waals surface area contributed by atoms with Crippen molar-refractivity contribution in [2.24, 2.45) is 0 Å². The maximum Gasteiger partial charge on any atom is 0.332 e. The number of aliphatic carboxylic acids is 1. The standard InChI is InChI=1S/C13H11FN2O4/c14-8-5-7(6-15)1-2-9(8)16-12(17)10-3-4-11(20-10)13(18)19/h1-2,5,10-11H,3-4H2,(H,16,17)(H,18,19). The van der Waals surface area contributed by atoms with E-state index >= 15 is 0 Å². The van der Waals surface area contributed by atoms with Gasteiger partial charge in [-0.1, -0.05) is 0 Å². The molecule has 1 heterocycles. The zero-order valence-electron chi connectivity index (χ0n) is 10.3. The molecule has 0 radical (unpaired) electrons. The van der Waals surface area contributed by atoms with Gasteiger partial charge in [-0.3, -0.25) is 4.79 Å². The Labute approximate surface area is 113 Å². The Bertz CT molecular complexity index is 597. The number of anilines is 1. The van der Waals surface area contributed by atoms with E-state index < -0.39 is 29.9 Å². The predicted octanol–water partition coefficient (Wildman–Crippen LogP) is 1.27. The molecule has 2 rings (SSSR count). The number of ether oxygens (including phenoxy) is 1. The molecule has 2 atom stereocenters. The van der Waals surface area contributed by atoms with Gasteiger partial charge in [0, 0.05) is 0 Å². The molecule has 20 heavy (non-hydrogen) atoms. The van der Waals surface area contributed by atoms with Gasteiger partial charge in [-0.15, -0.1) is 0 Å². The van der Waals surface area contributed by atoms with Crippen molar-refractivity contribution in [2.45, 2.75) is 25.0 Å². The van der Waals surface area contributed by atoms with Crippen molar-refractivity contribution in [2.75, 3.05) is 5.32 Å². The van der Waals surface area contributed by atoms with Gasteiger partial charge in [0.25, 0.3) is 5.91 Å². The number of nitrogens with zero attached hydrogens (tertiary/aromatic N) is 1. The minimum absolute atomic E-state index is 0.0728. The zero-order valence-corrected chi connectivity index (χ0v) is 10.3. The first-order valence-electron chi connectivity index (χ1n) is 5.90. The third kappa shape index (κ3) is 2.92. The lowest BCUT2D eigenvalue weighted by Crippen LogP contribution is -2.30. The Morgan fingerprint density at radius 3 is 2.65 bits per heavy atom. The van der Waals surface area contributed by atoms with Gasteiger partial charge in [0.15, 0.2) is 6.10 Å². The summed E-state index contributed by atoms with van der Waals surface area (Å²) in [7, 11) is 0. The van der Waals surface area contributed by atoms with E-state index in [4.69, 9.17) is 15.1 Å². The Morgan fingerprint density at radius 2 is 2.10 bits per heavy atom. The summed E-state index contributed by atoms with van der Waals surface area (Å²) in [6, 6.07) is 5.43. The molecular weight excluding hydrogens is 267 g/mol. The molecule has 7 heteroatoms. The van der Waals surface area contributed by atoms with Crippen LogP contribution in [0.25, 0.3) is 0 Å². The molecule has 6 nitrogen and oxygen atoms in total. The topological polar surface area (TPSA) is 99.4 Å². The predicted molar refractivity (Wildman–Crippen MR) is 65.3 cm³/mol. The third-order valence-corrected chi connectivity index (χ3v) is 2.94. The molecule has 0 bridgehead atoms. The van der Waals surface area contributed by atoms with Crippen LogP contribution in [0.3, 0.4) is 0 Å².